The molecule has 0 radical (unpaired) electrons. The first kappa shape index (κ1) is 23.1. The number of hydrogen-bond acceptors (Lipinski definition) is 4. The van der Waals surface area contributed by atoms with Crippen molar-refractivity contribution in [3.63, 3.8) is 0 Å². The fourth-order valence-electron chi connectivity index (χ4n) is 2.17. The van der Waals surface area contributed by atoms with Crippen molar-refractivity contribution >= 4 is 39.8 Å². The molecule has 0 bridgehead atoms. The van der Waals surface area contributed by atoms with Crippen molar-refractivity contribution in [3.8, 4) is 11.8 Å². The Kier molecular flexibility index (Phi) is 6.27. The van der Waals surface area contributed by atoms with Crippen LogP contribution in [0, 0.1) is 11.3 Å². The van der Waals surface area contributed by atoms with E-state index in [0.29, 0.717) is 16.8 Å². The average Bonchev–Trinajstić information content (AvgIpc) is 2.89. The van der Waals surface area contributed by atoms with E-state index < -0.39 is 60.2 Å². The molecule has 5 nitrogen and oxygen atoms in total. The number of nitrogens with zero attached hydrogens (tertiary/aromatic N) is 3. The predicted octanol–water partition coefficient (Wildman–Crippen LogP) is 5.64. The van der Waals surface area contributed by atoms with Crippen LogP contribution in [0.15, 0.2) is 29.3 Å². The molecule has 156 valence electrons. The zero-order valence-electron chi connectivity index (χ0n) is 14.0. The zero-order chi connectivity index (χ0) is 22.3. The summed E-state index contributed by atoms with van der Waals surface area (Å²) in [5.74, 6) is -0.631. The van der Waals surface area contributed by atoms with Crippen molar-refractivity contribution in [1.82, 2.24) is 9.78 Å². The molecule has 0 amide bonds. The first-order valence-electron chi connectivity index (χ1n) is 7.19. The van der Waals surface area contributed by atoms with Gasteiger partial charge in [-0.05, 0) is 19.1 Å². The van der Waals surface area contributed by atoms with Crippen LogP contribution in [0.3, 0.4) is 0 Å². The van der Waals surface area contributed by atoms with E-state index in [4.69, 9.17) is 28.5 Å². The number of allylic oxidation sites excluding steroid dienone is 1. The molecule has 0 spiro atoms. The number of rotatable bonds is 4. The number of anilines is 1. The second kappa shape index (κ2) is 7.89. The second-order valence-electron chi connectivity index (χ2n) is 5.46. The fraction of sp³-hybridized carbons (Fsp3) is 0.200. The molecule has 2 rings (SSSR count). The van der Waals surface area contributed by atoms with E-state index in [0.717, 1.165) is 0 Å². The predicted molar refractivity (Wildman–Crippen MR) is 94.2 cm³/mol. The highest BCUT2D eigenvalue weighted by Gasteiger charge is 2.43. The molecule has 1 unspecified atom stereocenters. The van der Waals surface area contributed by atoms with Crippen LogP contribution in [0.4, 0.5) is 32.2 Å². The summed E-state index contributed by atoms with van der Waals surface area (Å²) >= 11 is 11.8. The maximum absolute atomic E-state index is 13.0. The Labute approximate surface area is 172 Å². The molecule has 14 heteroatoms. The van der Waals surface area contributed by atoms with Gasteiger partial charge >= 0.3 is 11.7 Å². The van der Waals surface area contributed by atoms with Gasteiger partial charge in [-0.1, -0.05) is 29.8 Å². The molecule has 0 fully saturated rings. The fourth-order valence-corrected chi connectivity index (χ4v) is 3.63. The lowest BCUT2D eigenvalue weighted by atomic mass is 10.2. The molecule has 0 aliphatic carbocycles. The summed E-state index contributed by atoms with van der Waals surface area (Å²) in [7, 11) is -3.70. The molecule has 1 N–H and O–H groups in total. The van der Waals surface area contributed by atoms with Crippen LogP contribution < -0.4 is 5.32 Å². The molecule has 0 saturated carbocycles. The number of benzene rings is 1. The molecular formula is C15H8Cl2F6N4OS. The molecule has 1 aromatic heterocycles. The van der Waals surface area contributed by atoms with Gasteiger partial charge in [0.25, 0.3) is 0 Å². The van der Waals surface area contributed by atoms with Gasteiger partial charge in [-0.15, -0.1) is 0 Å². The standard InChI is InChI=1S/C15H8Cl2F6N4OS/c1-6(2)25-13-12(29(28)15(21,22)23)10(5-24)26-27(13)11-8(16)3-7(4-9(11)17)14(18,19)20/h3-4,25H,1H2,2H3. The van der Waals surface area contributed by atoms with Crippen LogP contribution in [-0.4, -0.2) is 19.5 Å². The first-order valence-corrected chi connectivity index (χ1v) is 9.10. The summed E-state index contributed by atoms with van der Waals surface area (Å²) in [5.41, 5.74) is -7.75. The smallest absolute Gasteiger partial charge is 0.344 e. The van der Waals surface area contributed by atoms with Gasteiger partial charge in [0.15, 0.2) is 22.3 Å². The number of alkyl halides is 6. The van der Waals surface area contributed by atoms with Crippen molar-refractivity contribution in [2.45, 2.75) is 23.5 Å². The topological polar surface area (TPSA) is 70.7 Å². The Balaban J connectivity index is 2.88. The lowest BCUT2D eigenvalue weighted by Gasteiger charge is -2.16. The highest BCUT2D eigenvalue weighted by molar-refractivity contribution is 7.86. The van der Waals surface area contributed by atoms with Crippen molar-refractivity contribution in [1.29, 1.82) is 5.26 Å². The normalized spacial score (nSPS) is 13.1. The van der Waals surface area contributed by atoms with Gasteiger partial charge < -0.3 is 5.32 Å². The largest absolute Gasteiger partial charge is 0.476 e. The van der Waals surface area contributed by atoms with Crippen molar-refractivity contribution in [2.24, 2.45) is 0 Å². The van der Waals surface area contributed by atoms with E-state index in [9.17, 15) is 30.6 Å². The van der Waals surface area contributed by atoms with E-state index in [2.05, 4.69) is 17.0 Å². The van der Waals surface area contributed by atoms with E-state index in [1.807, 2.05) is 0 Å². The average molecular weight is 477 g/mol. The third-order valence-corrected chi connectivity index (χ3v) is 4.99. The lowest BCUT2D eigenvalue weighted by Crippen LogP contribution is -2.18. The number of nitriles is 1. The van der Waals surface area contributed by atoms with E-state index in [1.54, 1.807) is 0 Å². The lowest BCUT2D eigenvalue weighted by molar-refractivity contribution is -0.137. The van der Waals surface area contributed by atoms with E-state index in [1.165, 1.54) is 13.0 Å². The molecule has 0 aliphatic rings. The van der Waals surface area contributed by atoms with Gasteiger partial charge in [0.2, 0.25) is 0 Å². The first-order chi connectivity index (χ1) is 13.2. The van der Waals surface area contributed by atoms with Gasteiger partial charge in [-0.25, -0.2) is 8.89 Å². The summed E-state index contributed by atoms with van der Waals surface area (Å²) in [4.78, 5) is -1.05. The minimum absolute atomic E-state index is 0.0511. The number of hydrogen-bond donors (Lipinski definition) is 1. The van der Waals surface area contributed by atoms with Crippen LogP contribution in [0.25, 0.3) is 5.69 Å². The van der Waals surface area contributed by atoms with Crippen molar-refractivity contribution in [2.75, 3.05) is 5.32 Å². The van der Waals surface area contributed by atoms with Crippen LogP contribution in [0.2, 0.25) is 10.0 Å². The molecule has 1 atom stereocenters. The molecule has 1 aromatic carbocycles. The molecular weight excluding hydrogens is 469 g/mol. The van der Waals surface area contributed by atoms with Gasteiger partial charge in [0.05, 0.1) is 15.6 Å². The maximum atomic E-state index is 13.0. The maximum Gasteiger partial charge on any atom is 0.476 e. The highest BCUT2D eigenvalue weighted by atomic mass is 35.5. The van der Waals surface area contributed by atoms with E-state index >= 15 is 0 Å². The molecule has 0 saturated heterocycles. The summed E-state index contributed by atoms with van der Waals surface area (Å²) in [6, 6.07) is 2.34. The van der Waals surface area contributed by atoms with Gasteiger partial charge in [0.1, 0.15) is 16.7 Å². The summed E-state index contributed by atoms with van der Waals surface area (Å²) in [5, 5.41) is 13.9. The van der Waals surface area contributed by atoms with Crippen LogP contribution in [-0.2, 0) is 17.0 Å². The van der Waals surface area contributed by atoms with E-state index in [-0.39, 0.29) is 5.70 Å². The SMILES string of the molecule is C=C(C)Nc1c(S(=O)C(F)(F)F)c(C#N)nn1-c1c(Cl)cc(C(F)(F)F)cc1Cl. The van der Waals surface area contributed by atoms with Crippen molar-refractivity contribution in [3.05, 3.63) is 45.7 Å². The number of aromatic nitrogens is 2. The van der Waals surface area contributed by atoms with Crippen LogP contribution >= 0.6 is 23.2 Å². The van der Waals surface area contributed by atoms with Crippen LogP contribution in [0.1, 0.15) is 18.2 Å². The quantitative estimate of drug-likeness (QED) is 0.579. The minimum atomic E-state index is -5.25. The van der Waals surface area contributed by atoms with Gasteiger partial charge in [0, 0.05) is 5.70 Å². The summed E-state index contributed by atoms with van der Waals surface area (Å²) in [6.07, 6.45) is -4.80. The zero-order valence-corrected chi connectivity index (χ0v) is 16.4. The Morgan fingerprint density at radius 3 is 2.14 bits per heavy atom. The minimum Gasteiger partial charge on any atom is -0.344 e. The molecule has 0 aliphatic heterocycles. The number of halogens is 8. The highest BCUT2D eigenvalue weighted by Crippen LogP contribution is 2.41. The van der Waals surface area contributed by atoms with Crippen molar-refractivity contribution < 1.29 is 30.6 Å². The molecule has 2 aromatic rings. The Morgan fingerprint density at radius 1 is 1.24 bits per heavy atom. The number of nitrogens with one attached hydrogen (secondary N) is 1. The summed E-state index contributed by atoms with van der Waals surface area (Å²) < 4.78 is 90.4. The monoisotopic (exact) mass is 476 g/mol. The Morgan fingerprint density at radius 2 is 1.76 bits per heavy atom. The van der Waals surface area contributed by atoms with Crippen LogP contribution in [0.5, 0.6) is 0 Å². The van der Waals surface area contributed by atoms with Gasteiger partial charge in [-0.3, -0.25) is 0 Å². The molecule has 1 heterocycles. The Bertz CT molecular complexity index is 1030. The van der Waals surface area contributed by atoms with Gasteiger partial charge in [-0.2, -0.15) is 36.7 Å². The Hall–Kier alpha value is -2.23. The summed E-state index contributed by atoms with van der Waals surface area (Å²) in [6.45, 7) is 4.78. The second-order valence-corrected chi connectivity index (χ2v) is 7.68. The molecule has 29 heavy (non-hydrogen) atoms. The third kappa shape index (κ3) is 4.68. The third-order valence-electron chi connectivity index (χ3n) is 3.23.